The zero-order valence-corrected chi connectivity index (χ0v) is 16.0. The van der Waals surface area contributed by atoms with Gasteiger partial charge in [0.2, 0.25) is 11.8 Å². The molecule has 28 heavy (non-hydrogen) atoms. The molecular weight excluding hydrogens is 358 g/mol. The minimum absolute atomic E-state index is 0.174. The lowest BCUT2D eigenvalue weighted by Gasteiger charge is -2.15. The maximum atomic E-state index is 12.7. The van der Waals surface area contributed by atoms with Crippen LogP contribution in [0.15, 0.2) is 48.5 Å². The van der Waals surface area contributed by atoms with Crippen molar-refractivity contribution in [2.75, 3.05) is 23.9 Å². The van der Waals surface area contributed by atoms with E-state index >= 15 is 0 Å². The van der Waals surface area contributed by atoms with Gasteiger partial charge >= 0.3 is 0 Å². The number of imide groups is 1. The van der Waals surface area contributed by atoms with Gasteiger partial charge in [-0.1, -0.05) is 12.1 Å². The first-order chi connectivity index (χ1) is 13.5. The number of carbonyl (C=O) groups excluding carboxylic acids is 3. The van der Waals surface area contributed by atoms with Crippen LogP contribution in [0.25, 0.3) is 0 Å². The predicted molar refractivity (Wildman–Crippen MR) is 105 cm³/mol. The van der Waals surface area contributed by atoms with Crippen LogP contribution in [-0.4, -0.2) is 37.4 Å². The van der Waals surface area contributed by atoms with Crippen molar-refractivity contribution in [2.45, 2.75) is 25.8 Å². The zero-order chi connectivity index (χ0) is 20.1. The molecule has 2 aromatic rings. The molecule has 0 aromatic heterocycles. The Balaban J connectivity index is 1.57. The number of carbonyl (C=O) groups is 3. The maximum absolute atomic E-state index is 12.7. The van der Waals surface area contributed by atoms with E-state index in [2.05, 4.69) is 5.32 Å². The minimum Gasteiger partial charge on any atom is -0.497 e. The largest absolute Gasteiger partial charge is 0.497 e. The highest BCUT2D eigenvalue weighted by Gasteiger charge is 2.42. The number of methoxy groups -OCH3 is 1. The van der Waals surface area contributed by atoms with E-state index in [4.69, 9.17) is 4.74 Å². The number of hydrogen-bond donors (Lipinski definition) is 2. The molecule has 0 radical (unpaired) electrons. The second-order valence-corrected chi connectivity index (χ2v) is 6.73. The second kappa shape index (κ2) is 8.67. The normalized spacial score (nSPS) is 16.4. The van der Waals surface area contributed by atoms with Crippen LogP contribution in [-0.2, 0) is 20.8 Å². The molecule has 0 bridgehead atoms. The first-order valence-corrected chi connectivity index (χ1v) is 9.18. The fourth-order valence-corrected chi connectivity index (χ4v) is 3.25. The van der Waals surface area contributed by atoms with Crippen LogP contribution in [0.1, 0.15) is 18.9 Å². The van der Waals surface area contributed by atoms with Crippen molar-refractivity contribution >= 4 is 29.1 Å². The molecule has 0 unspecified atom stereocenters. The molecule has 1 atom stereocenters. The Bertz CT molecular complexity index is 862. The van der Waals surface area contributed by atoms with Gasteiger partial charge in [-0.15, -0.1) is 0 Å². The monoisotopic (exact) mass is 382 g/mol. The summed E-state index contributed by atoms with van der Waals surface area (Å²) >= 11 is 0. The lowest BCUT2D eigenvalue weighted by Crippen LogP contribution is -2.92. The summed E-state index contributed by atoms with van der Waals surface area (Å²) in [5, 5.41) is 4.59. The Morgan fingerprint density at radius 3 is 2.43 bits per heavy atom. The topological polar surface area (TPSA) is 92.3 Å². The van der Waals surface area contributed by atoms with E-state index in [0.29, 0.717) is 17.9 Å². The molecule has 3 amide bonds. The highest BCUT2D eigenvalue weighted by Crippen LogP contribution is 2.23. The highest BCUT2D eigenvalue weighted by molar-refractivity contribution is 6.21. The number of benzene rings is 2. The highest BCUT2D eigenvalue weighted by atomic mass is 16.5. The number of ether oxygens (including phenoxy) is 1. The molecule has 0 saturated carbocycles. The van der Waals surface area contributed by atoms with Crippen molar-refractivity contribution in [1.29, 1.82) is 0 Å². The summed E-state index contributed by atoms with van der Waals surface area (Å²) in [5.41, 5.74) is 2.30. The molecule has 1 fully saturated rings. The number of hydrogen-bond acceptors (Lipinski definition) is 4. The van der Waals surface area contributed by atoms with Gasteiger partial charge in [-0.25, -0.2) is 4.90 Å². The molecular formula is C21H24N3O4+. The smallest absolute Gasteiger partial charge is 0.292 e. The number of nitrogens with zero attached hydrogens (tertiary/aromatic N) is 1. The van der Waals surface area contributed by atoms with Crippen LogP contribution in [0.3, 0.4) is 0 Å². The number of anilines is 2. The summed E-state index contributed by atoms with van der Waals surface area (Å²) in [6, 6.07) is 14.1. The van der Waals surface area contributed by atoms with Crippen LogP contribution >= 0.6 is 0 Å². The van der Waals surface area contributed by atoms with Crippen molar-refractivity contribution in [3.8, 4) is 5.75 Å². The summed E-state index contributed by atoms with van der Waals surface area (Å²) in [5.74, 6) is 0.229. The Morgan fingerprint density at radius 1 is 1.14 bits per heavy atom. The molecule has 0 spiro atoms. The van der Waals surface area contributed by atoms with E-state index < -0.39 is 6.04 Å². The quantitative estimate of drug-likeness (QED) is 0.701. The van der Waals surface area contributed by atoms with Crippen molar-refractivity contribution in [2.24, 2.45) is 0 Å². The number of nitrogens with two attached hydrogens (primary N) is 1. The summed E-state index contributed by atoms with van der Waals surface area (Å²) in [6.45, 7) is 2.14. The van der Waals surface area contributed by atoms with Crippen molar-refractivity contribution < 1.29 is 24.4 Å². The molecule has 1 aliphatic rings. The first kappa shape index (κ1) is 19.6. The third-order valence-corrected chi connectivity index (χ3v) is 4.67. The van der Waals surface area contributed by atoms with Gasteiger partial charge in [-0.2, -0.15) is 0 Å². The molecule has 3 N–H and O–H groups in total. The molecule has 2 aromatic carbocycles. The number of nitrogens with one attached hydrogen (secondary N) is 1. The lowest BCUT2D eigenvalue weighted by atomic mass is 10.1. The molecule has 0 aliphatic carbocycles. The second-order valence-electron chi connectivity index (χ2n) is 6.73. The number of quaternary nitrogens is 1. The van der Waals surface area contributed by atoms with Gasteiger partial charge in [0, 0.05) is 19.0 Å². The molecule has 146 valence electrons. The van der Waals surface area contributed by atoms with E-state index in [9.17, 15) is 14.4 Å². The third kappa shape index (κ3) is 4.55. The van der Waals surface area contributed by atoms with E-state index in [1.807, 2.05) is 29.6 Å². The van der Waals surface area contributed by atoms with Crippen molar-refractivity contribution in [3.05, 3.63) is 54.1 Å². The van der Waals surface area contributed by atoms with E-state index in [-0.39, 0.29) is 24.1 Å². The van der Waals surface area contributed by atoms with Gasteiger partial charge in [0.05, 0.1) is 25.8 Å². The summed E-state index contributed by atoms with van der Waals surface area (Å²) in [7, 11) is 1.63. The fraction of sp³-hybridized carbons (Fsp3) is 0.286. The average molecular weight is 382 g/mol. The molecule has 1 aliphatic heterocycles. The van der Waals surface area contributed by atoms with Gasteiger partial charge in [-0.3, -0.25) is 14.4 Å². The van der Waals surface area contributed by atoms with Gasteiger partial charge in [0.25, 0.3) is 5.91 Å². The van der Waals surface area contributed by atoms with Gasteiger partial charge in [0.1, 0.15) is 5.75 Å². The van der Waals surface area contributed by atoms with Crippen LogP contribution in [0, 0.1) is 0 Å². The van der Waals surface area contributed by atoms with Crippen molar-refractivity contribution in [3.63, 3.8) is 0 Å². The Kier molecular flexibility index (Phi) is 6.06. The number of amides is 3. The zero-order valence-electron chi connectivity index (χ0n) is 16.0. The Hall–Kier alpha value is -3.19. The maximum Gasteiger partial charge on any atom is 0.292 e. The Labute approximate surface area is 163 Å². The van der Waals surface area contributed by atoms with E-state index in [1.54, 1.807) is 31.4 Å². The fourth-order valence-electron chi connectivity index (χ4n) is 3.25. The van der Waals surface area contributed by atoms with Crippen LogP contribution in [0.2, 0.25) is 0 Å². The van der Waals surface area contributed by atoms with Crippen LogP contribution in [0.4, 0.5) is 11.4 Å². The molecule has 1 saturated heterocycles. The Morgan fingerprint density at radius 2 is 1.82 bits per heavy atom. The summed E-state index contributed by atoms with van der Waals surface area (Å²) in [6.07, 6.45) is 0.988. The average Bonchev–Trinajstić information content (AvgIpc) is 2.96. The van der Waals surface area contributed by atoms with Gasteiger partial charge < -0.3 is 15.4 Å². The predicted octanol–water partition coefficient (Wildman–Crippen LogP) is 1.09. The lowest BCUT2D eigenvalue weighted by molar-refractivity contribution is -0.674. The van der Waals surface area contributed by atoms with E-state index in [0.717, 1.165) is 17.7 Å². The van der Waals surface area contributed by atoms with Crippen molar-refractivity contribution in [1.82, 2.24) is 0 Å². The molecule has 7 heteroatoms. The number of rotatable bonds is 7. The van der Waals surface area contributed by atoms with E-state index in [1.165, 1.54) is 11.8 Å². The minimum atomic E-state index is -0.402. The molecule has 3 rings (SSSR count). The summed E-state index contributed by atoms with van der Waals surface area (Å²) < 4.78 is 5.14. The standard InChI is InChI=1S/C21H23N3O4/c1-14(25)23-16-5-7-17(8-6-16)24-20(26)13-19(21(24)27)22-12-11-15-3-9-18(28-2)10-4-15/h3-10,19,22H,11-13H2,1-2H3,(H,23,25)/p+1/t19-/m0/s1. The summed E-state index contributed by atoms with van der Waals surface area (Å²) in [4.78, 5) is 37.4. The molecule has 7 nitrogen and oxygen atoms in total. The first-order valence-electron chi connectivity index (χ1n) is 9.18. The third-order valence-electron chi connectivity index (χ3n) is 4.67. The van der Waals surface area contributed by atoms with Gasteiger partial charge in [-0.05, 0) is 42.0 Å². The van der Waals surface area contributed by atoms with Crippen LogP contribution in [0.5, 0.6) is 5.75 Å². The van der Waals surface area contributed by atoms with Gasteiger partial charge in [0.15, 0.2) is 6.04 Å². The SMILES string of the molecule is COc1ccc(CC[NH2+][C@H]2CC(=O)N(c3ccc(NC(C)=O)cc3)C2=O)cc1. The molecule has 1 heterocycles. The van der Waals surface area contributed by atoms with Crippen LogP contribution < -0.4 is 20.3 Å².